The van der Waals surface area contributed by atoms with Crippen molar-refractivity contribution in [2.45, 2.75) is 26.4 Å². The minimum atomic E-state index is -0.396. The molecular formula is C23H24N2O2. The Labute approximate surface area is 160 Å². The maximum atomic E-state index is 11.7. The van der Waals surface area contributed by atoms with Crippen LogP contribution in [-0.2, 0) is 36.0 Å². The molecule has 0 radical (unpaired) electrons. The topological polar surface area (TPSA) is 44.1 Å². The van der Waals surface area contributed by atoms with Crippen LogP contribution in [0, 0.1) is 0 Å². The fraction of sp³-hybridized carbons (Fsp3) is 0.217. The molecule has 0 N–H and O–H groups in total. The van der Waals surface area contributed by atoms with E-state index in [0.29, 0.717) is 5.57 Å². The number of hydrogen-bond acceptors (Lipinski definition) is 3. The van der Waals surface area contributed by atoms with Crippen molar-refractivity contribution in [2.75, 3.05) is 0 Å². The fourth-order valence-corrected chi connectivity index (χ4v) is 2.97. The van der Waals surface area contributed by atoms with E-state index in [4.69, 9.17) is 9.72 Å². The second kappa shape index (κ2) is 8.49. The summed E-state index contributed by atoms with van der Waals surface area (Å²) in [6.45, 7) is 5.40. The predicted molar refractivity (Wildman–Crippen MR) is 106 cm³/mol. The summed E-state index contributed by atoms with van der Waals surface area (Å²) >= 11 is 0. The van der Waals surface area contributed by atoms with Crippen LogP contribution in [0.2, 0.25) is 0 Å². The van der Waals surface area contributed by atoms with Crippen LogP contribution in [-0.4, -0.2) is 15.5 Å². The normalized spacial score (nSPS) is 10.6. The minimum absolute atomic E-state index is 0.138. The molecular weight excluding hydrogens is 336 g/mol. The van der Waals surface area contributed by atoms with Crippen LogP contribution >= 0.6 is 0 Å². The van der Waals surface area contributed by atoms with E-state index in [1.54, 1.807) is 6.92 Å². The Balaban J connectivity index is 1.90. The fourth-order valence-electron chi connectivity index (χ4n) is 2.97. The first-order valence-electron chi connectivity index (χ1n) is 8.98. The SMILES string of the molecule is C=C(C)C(=O)OCc1nc(Cc2ccccc2)c(Cc2ccccc2)n1C. The van der Waals surface area contributed by atoms with Gasteiger partial charge >= 0.3 is 5.97 Å². The minimum Gasteiger partial charge on any atom is -0.454 e. The van der Waals surface area contributed by atoms with Gasteiger partial charge in [-0.15, -0.1) is 0 Å². The smallest absolute Gasteiger partial charge is 0.333 e. The molecule has 0 saturated heterocycles. The highest BCUT2D eigenvalue weighted by molar-refractivity contribution is 5.86. The van der Waals surface area contributed by atoms with Crippen molar-refractivity contribution in [1.29, 1.82) is 0 Å². The van der Waals surface area contributed by atoms with Crippen LogP contribution in [0.1, 0.15) is 35.3 Å². The summed E-state index contributed by atoms with van der Waals surface area (Å²) in [5.74, 6) is 0.341. The number of rotatable bonds is 7. The Morgan fingerprint density at radius 2 is 1.56 bits per heavy atom. The number of carbonyl (C=O) groups excluding carboxylic acids is 1. The number of imidazole rings is 1. The number of benzene rings is 2. The van der Waals surface area contributed by atoms with Gasteiger partial charge in [-0.1, -0.05) is 67.2 Å². The third kappa shape index (κ3) is 4.73. The van der Waals surface area contributed by atoms with E-state index in [0.717, 1.165) is 30.1 Å². The van der Waals surface area contributed by atoms with Gasteiger partial charge in [-0.3, -0.25) is 0 Å². The highest BCUT2D eigenvalue weighted by atomic mass is 16.5. The van der Waals surface area contributed by atoms with Gasteiger partial charge in [0, 0.05) is 31.2 Å². The Morgan fingerprint density at radius 3 is 2.11 bits per heavy atom. The molecule has 4 heteroatoms. The summed E-state index contributed by atoms with van der Waals surface area (Å²) in [7, 11) is 1.98. The molecule has 0 aliphatic rings. The van der Waals surface area contributed by atoms with Gasteiger partial charge < -0.3 is 9.30 Å². The van der Waals surface area contributed by atoms with Gasteiger partial charge in [0.1, 0.15) is 12.4 Å². The summed E-state index contributed by atoms with van der Waals surface area (Å²) in [6, 6.07) is 20.6. The summed E-state index contributed by atoms with van der Waals surface area (Å²) in [5, 5.41) is 0. The summed E-state index contributed by atoms with van der Waals surface area (Å²) in [6.07, 6.45) is 1.52. The lowest BCUT2D eigenvalue weighted by Crippen LogP contribution is -2.09. The Morgan fingerprint density at radius 1 is 1.00 bits per heavy atom. The van der Waals surface area contributed by atoms with Crippen molar-refractivity contribution in [3.63, 3.8) is 0 Å². The average Bonchev–Trinajstić information content (AvgIpc) is 2.96. The molecule has 0 aliphatic heterocycles. The highest BCUT2D eigenvalue weighted by Crippen LogP contribution is 2.20. The quantitative estimate of drug-likeness (QED) is 0.468. The first-order valence-corrected chi connectivity index (χ1v) is 8.98. The van der Waals surface area contributed by atoms with E-state index >= 15 is 0 Å². The number of esters is 1. The Kier molecular flexibility index (Phi) is 5.87. The Hall–Kier alpha value is -3.14. The zero-order valence-electron chi connectivity index (χ0n) is 15.8. The number of carbonyl (C=O) groups is 1. The number of hydrogen-bond donors (Lipinski definition) is 0. The first-order chi connectivity index (χ1) is 13.0. The van der Waals surface area contributed by atoms with Gasteiger partial charge in [-0.2, -0.15) is 0 Å². The highest BCUT2D eigenvalue weighted by Gasteiger charge is 2.17. The number of ether oxygens (including phenoxy) is 1. The Bertz CT molecular complexity index is 928. The molecule has 3 aromatic rings. The first kappa shape index (κ1) is 18.6. The van der Waals surface area contributed by atoms with Crippen LogP contribution in [0.5, 0.6) is 0 Å². The molecule has 1 aromatic heterocycles. The molecule has 2 aromatic carbocycles. The lowest BCUT2D eigenvalue weighted by molar-refractivity contribution is -0.140. The molecule has 0 amide bonds. The molecule has 0 unspecified atom stereocenters. The standard InChI is InChI=1S/C23H24N2O2/c1-17(2)23(26)27-16-22-24-20(14-18-10-6-4-7-11-18)21(25(22)3)15-19-12-8-5-9-13-19/h4-13H,1,14-16H2,2-3H3. The number of nitrogens with zero attached hydrogens (tertiary/aromatic N) is 2. The van der Waals surface area contributed by atoms with E-state index in [2.05, 4.69) is 30.8 Å². The monoisotopic (exact) mass is 360 g/mol. The van der Waals surface area contributed by atoms with Crippen molar-refractivity contribution in [2.24, 2.45) is 7.05 Å². The summed E-state index contributed by atoms with van der Waals surface area (Å²) in [5.41, 5.74) is 4.95. The number of aromatic nitrogens is 2. The van der Waals surface area contributed by atoms with Crippen LogP contribution in [0.15, 0.2) is 72.8 Å². The molecule has 0 saturated carbocycles. The van der Waals surface area contributed by atoms with E-state index < -0.39 is 5.97 Å². The van der Waals surface area contributed by atoms with Crippen LogP contribution < -0.4 is 0 Å². The van der Waals surface area contributed by atoms with Crippen molar-refractivity contribution in [3.8, 4) is 0 Å². The molecule has 3 rings (SSSR count). The average molecular weight is 360 g/mol. The van der Waals surface area contributed by atoms with Crippen molar-refractivity contribution in [1.82, 2.24) is 9.55 Å². The van der Waals surface area contributed by atoms with Crippen LogP contribution in [0.4, 0.5) is 0 Å². The second-order valence-corrected chi connectivity index (χ2v) is 6.66. The third-order valence-electron chi connectivity index (χ3n) is 4.50. The van der Waals surface area contributed by atoms with Crippen molar-refractivity contribution < 1.29 is 9.53 Å². The second-order valence-electron chi connectivity index (χ2n) is 6.66. The molecule has 27 heavy (non-hydrogen) atoms. The van der Waals surface area contributed by atoms with Crippen LogP contribution in [0.3, 0.4) is 0 Å². The molecule has 1 heterocycles. The van der Waals surface area contributed by atoms with Gasteiger partial charge in [0.15, 0.2) is 0 Å². The van der Waals surface area contributed by atoms with E-state index in [-0.39, 0.29) is 6.61 Å². The predicted octanol–water partition coefficient (Wildman–Crippen LogP) is 4.22. The summed E-state index contributed by atoms with van der Waals surface area (Å²) in [4.78, 5) is 16.5. The molecule has 0 atom stereocenters. The molecule has 0 bridgehead atoms. The third-order valence-corrected chi connectivity index (χ3v) is 4.50. The van der Waals surface area contributed by atoms with Gasteiger partial charge in [0.05, 0.1) is 5.69 Å². The van der Waals surface area contributed by atoms with Crippen molar-refractivity contribution >= 4 is 5.97 Å². The lowest BCUT2D eigenvalue weighted by atomic mass is 10.0. The molecule has 0 aliphatic carbocycles. The van der Waals surface area contributed by atoms with E-state index in [1.807, 2.05) is 48.0 Å². The lowest BCUT2D eigenvalue weighted by Gasteiger charge is -2.09. The van der Waals surface area contributed by atoms with Gasteiger partial charge in [-0.05, 0) is 18.1 Å². The largest absolute Gasteiger partial charge is 0.454 e. The molecule has 138 valence electrons. The van der Waals surface area contributed by atoms with E-state index in [1.165, 1.54) is 11.1 Å². The van der Waals surface area contributed by atoms with Gasteiger partial charge in [-0.25, -0.2) is 9.78 Å². The molecule has 4 nitrogen and oxygen atoms in total. The van der Waals surface area contributed by atoms with Gasteiger partial charge in [0.25, 0.3) is 0 Å². The summed E-state index contributed by atoms with van der Waals surface area (Å²) < 4.78 is 7.36. The van der Waals surface area contributed by atoms with E-state index in [9.17, 15) is 4.79 Å². The van der Waals surface area contributed by atoms with Crippen molar-refractivity contribution in [3.05, 3.63) is 101 Å². The van der Waals surface area contributed by atoms with Gasteiger partial charge in [0.2, 0.25) is 0 Å². The maximum absolute atomic E-state index is 11.7. The molecule has 0 fully saturated rings. The zero-order valence-corrected chi connectivity index (χ0v) is 15.8. The molecule has 0 spiro atoms. The zero-order chi connectivity index (χ0) is 19.2. The maximum Gasteiger partial charge on any atom is 0.333 e. The van der Waals surface area contributed by atoms with Crippen LogP contribution in [0.25, 0.3) is 0 Å².